The van der Waals surface area contributed by atoms with Crippen LogP contribution in [0, 0.1) is 12.8 Å². The number of halogens is 1. The Hall–Kier alpha value is -0.860. The van der Waals surface area contributed by atoms with Crippen LogP contribution in [-0.4, -0.2) is 40.6 Å². The lowest BCUT2D eigenvalue weighted by atomic mass is 10.0. The summed E-state index contributed by atoms with van der Waals surface area (Å²) in [6, 6.07) is 0. The van der Waals surface area contributed by atoms with E-state index >= 15 is 0 Å². The average Bonchev–Trinajstić information content (AvgIpc) is 2.80. The van der Waals surface area contributed by atoms with Gasteiger partial charge in [-0.25, -0.2) is 4.99 Å². The summed E-state index contributed by atoms with van der Waals surface area (Å²) >= 11 is 0. The Bertz CT molecular complexity index is 434. The first kappa shape index (κ1) is 17.2. The Morgan fingerprint density at radius 3 is 2.95 bits per heavy atom. The maximum absolute atomic E-state index is 4.95. The minimum Gasteiger partial charge on any atom is -0.357 e. The summed E-state index contributed by atoms with van der Waals surface area (Å²) in [6.45, 7) is 9.63. The van der Waals surface area contributed by atoms with E-state index in [1.54, 1.807) is 6.92 Å². The number of hydrogen-bond donors (Lipinski definition) is 1. The molecule has 1 N–H and O–H groups in total. The van der Waals surface area contributed by atoms with Crippen LogP contribution in [0.4, 0.5) is 0 Å². The van der Waals surface area contributed by atoms with Crippen molar-refractivity contribution in [2.75, 3.05) is 19.6 Å². The lowest BCUT2D eigenvalue weighted by Gasteiger charge is -2.33. The Labute approximate surface area is 137 Å². The second-order valence-electron chi connectivity index (χ2n) is 5.09. The van der Waals surface area contributed by atoms with Crippen molar-refractivity contribution in [1.29, 1.82) is 0 Å². The Balaban J connectivity index is 0.00000200. The van der Waals surface area contributed by atoms with Gasteiger partial charge in [0.15, 0.2) is 11.8 Å². The fourth-order valence-corrected chi connectivity index (χ4v) is 2.36. The normalized spacial score (nSPS) is 19.6. The molecule has 0 aliphatic carbocycles. The van der Waals surface area contributed by atoms with Crippen molar-refractivity contribution in [1.82, 2.24) is 20.4 Å². The highest BCUT2D eigenvalue weighted by molar-refractivity contribution is 14.0. The summed E-state index contributed by atoms with van der Waals surface area (Å²) in [4.78, 5) is 11.1. The summed E-state index contributed by atoms with van der Waals surface area (Å²) in [6.07, 6.45) is 2.53. The third kappa shape index (κ3) is 4.92. The van der Waals surface area contributed by atoms with Crippen molar-refractivity contribution < 1.29 is 4.52 Å². The molecule has 1 aromatic heterocycles. The van der Waals surface area contributed by atoms with Gasteiger partial charge >= 0.3 is 0 Å². The van der Waals surface area contributed by atoms with Crippen molar-refractivity contribution in [2.45, 2.75) is 40.2 Å². The molecular formula is C13H24IN5O. The summed E-state index contributed by atoms with van der Waals surface area (Å²) in [7, 11) is 0. The van der Waals surface area contributed by atoms with Gasteiger partial charge in [-0.1, -0.05) is 12.1 Å². The van der Waals surface area contributed by atoms with Crippen LogP contribution in [0.5, 0.6) is 0 Å². The summed E-state index contributed by atoms with van der Waals surface area (Å²) in [5.41, 5.74) is 0. The fraction of sp³-hybridized carbons (Fsp3) is 0.769. The van der Waals surface area contributed by atoms with Crippen molar-refractivity contribution in [2.24, 2.45) is 10.9 Å². The molecule has 0 amide bonds. The number of aliphatic imine (C=N–C) groups is 1. The molecule has 1 aliphatic heterocycles. The predicted molar refractivity (Wildman–Crippen MR) is 89.2 cm³/mol. The van der Waals surface area contributed by atoms with E-state index < -0.39 is 0 Å². The van der Waals surface area contributed by atoms with E-state index in [0.717, 1.165) is 31.5 Å². The number of aryl methyl sites for hydroxylation is 1. The largest absolute Gasteiger partial charge is 0.357 e. The van der Waals surface area contributed by atoms with Crippen molar-refractivity contribution in [3.05, 3.63) is 11.7 Å². The molecular weight excluding hydrogens is 369 g/mol. The highest BCUT2D eigenvalue weighted by Crippen LogP contribution is 2.15. The topological polar surface area (TPSA) is 66.5 Å². The fourth-order valence-electron chi connectivity index (χ4n) is 2.36. The van der Waals surface area contributed by atoms with Gasteiger partial charge in [-0.2, -0.15) is 4.98 Å². The van der Waals surface area contributed by atoms with Crippen LogP contribution in [0.25, 0.3) is 0 Å². The van der Waals surface area contributed by atoms with Crippen LogP contribution in [0.15, 0.2) is 9.52 Å². The van der Waals surface area contributed by atoms with Crippen LogP contribution in [0.2, 0.25) is 0 Å². The number of guanidine groups is 1. The maximum atomic E-state index is 4.95. The first-order valence-corrected chi connectivity index (χ1v) is 7.01. The van der Waals surface area contributed by atoms with Crippen molar-refractivity contribution in [3.63, 3.8) is 0 Å². The van der Waals surface area contributed by atoms with Crippen molar-refractivity contribution in [3.8, 4) is 0 Å². The molecule has 0 bridgehead atoms. The highest BCUT2D eigenvalue weighted by Gasteiger charge is 2.19. The molecule has 1 unspecified atom stereocenters. The molecule has 0 saturated carbocycles. The van der Waals surface area contributed by atoms with E-state index in [2.05, 4.69) is 39.2 Å². The minimum atomic E-state index is 0. The molecule has 7 heteroatoms. The van der Waals surface area contributed by atoms with Gasteiger partial charge in [0.2, 0.25) is 5.89 Å². The predicted octanol–water partition coefficient (Wildman–Crippen LogP) is 2.19. The van der Waals surface area contributed by atoms with E-state index in [9.17, 15) is 0 Å². The summed E-state index contributed by atoms with van der Waals surface area (Å²) < 4.78 is 4.95. The lowest BCUT2D eigenvalue weighted by molar-refractivity contribution is 0.266. The number of piperidine rings is 1. The van der Waals surface area contributed by atoms with Gasteiger partial charge < -0.3 is 14.7 Å². The number of aromatic nitrogens is 2. The number of nitrogens with one attached hydrogen (secondary N) is 1. The summed E-state index contributed by atoms with van der Waals surface area (Å²) in [5, 5.41) is 7.21. The molecule has 114 valence electrons. The second kappa shape index (κ2) is 8.43. The van der Waals surface area contributed by atoms with E-state index in [-0.39, 0.29) is 24.0 Å². The van der Waals surface area contributed by atoms with Gasteiger partial charge in [0.1, 0.15) is 6.54 Å². The highest BCUT2D eigenvalue weighted by atomic mass is 127. The zero-order valence-electron chi connectivity index (χ0n) is 12.4. The van der Waals surface area contributed by atoms with Crippen LogP contribution in [0.1, 0.15) is 38.4 Å². The Morgan fingerprint density at radius 1 is 1.55 bits per heavy atom. The number of likely N-dealkylation sites (tertiary alicyclic amines) is 1. The molecule has 0 aromatic carbocycles. The third-order valence-corrected chi connectivity index (χ3v) is 3.23. The molecule has 1 atom stereocenters. The first-order chi connectivity index (χ1) is 9.19. The van der Waals surface area contributed by atoms with Gasteiger partial charge in [-0.15, -0.1) is 24.0 Å². The van der Waals surface area contributed by atoms with Crippen LogP contribution in [0.3, 0.4) is 0 Å². The van der Waals surface area contributed by atoms with Crippen LogP contribution in [-0.2, 0) is 6.54 Å². The van der Waals surface area contributed by atoms with E-state index in [4.69, 9.17) is 4.52 Å². The molecule has 1 aromatic rings. The summed E-state index contributed by atoms with van der Waals surface area (Å²) in [5.74, 6) is 2.90. The minimum absolute atomic E-state index is 0. The molecule has 2 heterocycles. The van der Waals surface area contributed by atoms with E-state index in [1.165, 1.54) is 12.8 Å². The number of hydrogen-bond acceptors (Lipinski definition) is 4. The molecule has 2 rings (SSSR count). The molecule has 1 fully saturated rings. The molecule has 20 heavy (non-hydrogen) atoms. The van der Waals surface area contributed by atoms with Gasteiger partial charge in [0.25, 0.3) is 0 Å². The maximum Gasteiger partial charge on any atom is 0.223 e. The van der Waals surface area contributed by atoms with Crippen molar-refractivity contribution >= 4 is 29.9 Å². The Morgan fingerprint density at radius 2 is 2.35 bits per heavy atom. The second-order valence-corrected chi connectivity index (χ2v) is 5.09. The molecule has 0 spiro atoms. The quantitative estimate of drug-likeness (QED) is 0.485. The molecule has 0 radical (unpaired) electrons. The number of nitrogens with zero attached hydrogens (tertiary/aromatic N) is 4. The monoisotopic (exact) mass is 393 g/mol. The van der Waals surface area contributed by atoms with Crippen LogP contribution >= 0.6 is 24.0 Å². The smallest absolute Gasteiger partial charge is 0.223 e. The third-order valence-electron chi connectivity index (χ3n) is 3.23. The van der Waals surface area contributed by atoms with Gasteiger partial charge in [-0.3, -0.25) is 0 Å². The van der Waals surface area contributed by atoms with E-state index in [0.29, 0.717) is 18.3 Å². The first-order valence-electron chi connectivity index (χ1n) is 7.01. The Kier molecular flexibility index (Phi) is 7.25. The molecule has 1 saturated heterocycles. The number of rotatable bonds is 3. The molecule has 1 aliphatic rings. The standard InChI is InChI=1S/C13H23N5O.HI/c1-4-14-13(18-7-5-6-10(2)9-18)15-8-12-16-11(3)19-17-12;/h10H,4-9H2,1-3H3,(H,14,15);1H. The lowest BCUT2D eigenvalue weighted by Crippen LogP contribution is -2.46. The zero-order chi connectivity index (χ0) is 13.7. The zero-order valence-corrected chi connectivity index (χ0v) is 14.8. The SMILES string of the molecule is CCNC(=NCc1noc(C)n1)N1CCCC(C)C1.I. The average molecular weight is 393 g/mol. The molecule has 6 nitrogen and oxygen atoms in total. The van der Waals surface area contributed by atoms with Gasteiger partial charge in [0.05, 0.1) is 0 Å². The van der Waals surface area contributed by atoms with E-state index in [1.807, 2.05) is 0 Å². The van der Waals surface area contributed by atoms with Gasteiger partial charge in [0, 0.05) is 26.6 Å². The van der Waals surface area contributed by atoms with Crippen LogP contribution < -0.4 is 5.32 Å². The van der Waals surface area contributed by atoms with Gasteiger partial charge in [-0.05, 0) is 25.7 Å².